The highest BCUT2D eigenvalue weighted by Gasteiger charge is 2.31. The summed E-state index contributed by atoms with van der Waals surface area (Å²) in [5.41, 5.74) is 1.38. The summed E-state index contributed by atoms with van der Waals surface area (Å²) in [5, 5.41) is 7.22. The van der Waals surface area contributed by atoms with Crippen molar-refractivity contribution >= 4 is 0 Å². The van der Waals surface area contributed by atoms with Gasteiger partial charge in [0.15, 0.2) is 6.33 Å². The fraction of sp³-hybridized carbons (Fsp3) is 0.429. The molecule has 4 heteroatoms. The molecular weight excluding hydrogens is 226 g/mol. The largest absolute Gasteiger partial charge is 0.340 e. The Kier molecular flexibility index (Phi) is 3.37. The van der Waals surface area contributed by atoms with E-state index in [1.807, 2.05) is 0 Å². The van der Waals surface area contributed by atoms with Crippen molar-refractivity contribution in [1.29, 1.82) is 0 Å². The van der Waals surface area contributed by atoms with Crippen molar-refractivity contribution in [2.75, 3.05) is 6.54 Å². The second kappa shape index (κ2) is 5.31. The van der Waals surface area contributed by atoms with Gasteiger partial charge in [0.1, 0.15) is 0 Å². The third kappa shape index (κ3) is 2.76. The zero-order chi connectivity index (χ0) is 12.2. The van der Waals surface area contributed by atoms with Gasteiger partial charge in [0.2, 0.25) is 5.89 Å². The zero-order valence-corrected chi connectivity index (χ0v) is 10.2. The molecule has 0 saturated heterocycles. The van der Waals surface area contributed by atoms with E-state index < -0.39 is 0 Å². The Morgan fingerprint density at radius 1 is 1.28 bits per heavy atom. The van der Waals surface area contributed by atoms with E-state index in [4.69, 9.17) is 4.52 Å². The molecule has 1 aliphatic rings. The van der Waals surface area contributed by atoms with Gasteiger partial charge in [-0.05, 0) is 24.3 Å². The van der Waals surface area contributed by atoms with E-state index in [9.17, 15) is 0 Å². The molecule has 1 atom stereocenters. The van der Waals surface area contributed by atoms with Crippen LogP contribution in [0.1, 0.15) is 30.3 Å². The highest BCUT2D eigenvalue weighted by molar-refractivity contribution is 5.21. The molecule has 0 radical (unpaired) electrons. The lowest BCUT2D eigenvalue weighted by Crippen LogP contribution is -2.25. The minimum Gasteiger partial charge on any atom is -0.340 e. The van der Waals surface area contributed by atoms with Crippen LogP contribution in [0.25, 0.3) is 0 Å². The summed E-state index contributed by atoms with van der Waals surface area (Å²) in [6.07, 6.45) is 4.89. The number of rotatable bonds is 6. The lowest BCUT2D eigenvalue weighted by molar-refractivity contribution is 0.369. The first-order valence-corrected chi connectivity index (χ1v) is 6.47. The molecule has 1 saturated carbocycles. The Morgan fingerprint density at radius 3 is 2.78 bits per heavy atom. The number of benzene rings is 1. The summed E-state index contributed by atoms with van der Waals surface area (Å²) in [7, 11) is 0. The van der Waals surface area contributed by atoms with Gasteiger partial charge >= 0.3 is 0 Å². The molecule has 1 aromatic carbocycles. The summed E-state index contributed by atoms with van der Waals surface area (Å²) >= 11 is 0. The minimum absolute atomic E-state index is 0.467. The Bertz CT molecular complexity index is 465. The van der Waals surface area contributed by atoms with Gasteiger partial charge in [-0.3, -0.25) is 0 Å². The molecular formula is C14H17N3O. The Balaban J connectivity index is 1.58. The summed E-state index contributed by atoms with van der Waals surface area (Å²) in [5.74, 6) is 1.49. The van der Waals surface area contributed by atoms with Crippen molar-refractivity contribution < 1.29 is 4.52 Å². The quantitative estimate of drug-likeness (QED) is 0.846. The van der Waals surface area contributed by atoms with Crippen molar-refractivity contribution in [3.05, 3.63) is 48.1 Å². The molecule has 1 fully saturated rings. The summed E-state index contributed by atoms with van der Waals surface area (Å²) in [6, 6.07) is 11.1. The molecule has 3 rings (SSSR count). The van der Waals surface area contributed by atoms with Crippen molar-refractivity contribution in [3.8, 4) is 0 Å². The Morgan fingerprint density at radius 2 is 2.11 bits per heavy atom. The van der Waals surface area contributed by atoms with Crippen LogP contribution in [0.2, 0.25) is 0 Å². The highest BCUT2D eigenvalue weighted by Crippen LogP contribution is 2.40. The average Bonchev–Trinajstić information content (AvgIpc) is 3.12. The molecule has 94 valence electrons. The van der Waals surface area contributed by atoms with E-state index in [1.54, 1.807) is 0 Å². The van der Waals surface area contributed by atoms with Gasteiger partial charge in [-0.1, -0.05) is 35.5 Å². The van der Waals surface area contributed by atoms with Gasteiger partial charge in [-0.15, -0.1) is 0 Å². The van der Waals surface area contributed by atoms with Crippen LogP contribution < -0.4 is 5.32 Å². The molecule has 1 aliphatic carbocycles. The number of nitrogens with zero attached hydrogens (tertiary/aromatic N) is 2. The lowest BCUT2D eigenvalue weighted by atomic mass is 10.0. The predicted molar refractivity (Wildman–Crippen MR) is 67.9 cm³/mol. The molecule has 1 N–H and O–H groups in total. The molecule has 1 heterocycles. The van der Waals surface area contributed by atoms with Gasteiger partial charge in [0.05, 0.1) is 0 Å². The SMILES string of the molecule is c1ccc(C(NCCc2ncno2)C2CC2)cc1. The van der Waals surface area contributed by atoms with E-state index in [1.165, 1.54) is 24.7 Å². The molecule has 18 heavy (non-hydrogen) atoms. The molecule has 1 aromatic heterocycles. The smallest absolute Gasteiger partial charge is 0.227 e. The lowest BCUT2D eigenvalue weighted by Gasteiger charge is -2.18. The second-order valence-corrected chi connectivity index (χ2v) is 4.76. The van der Waals surface area contributed by atoms with E-state index >= 15 is 0 Å². The van der Waals surface area contributed by atoms with Crippen molar-refractivity contribution in [2.45, 2.75) is 25.3 Å². The minimum atomic E-state index is 0.467. The van der Waals surface area contributed by atoms with Crippen LogP contribution in [0.5, 0.6) is 0 Å². The van der Waals surface area contributed by atoms with E-state index in [-0.39, 0.29) is 0 Å². The third-order valence-corrected chi connectivity index (χ3v) is 3.36. The van der Waals surface area contributed by atoms with Crippen LogP contribution >= 0.6 is 0 Å². The second-order valence-electron chi connectivity index (χ2n) is 4.76. The Hall–Kier alpha value is -1.68. The van der Waals surface area contributed by atoms with Gasteiger partial charge in [0, 0.05) is 19.0 Å². The fourth-order valence-corrected chi connectivity index (χ4v) is 2.29. The zero-order valence-electron chi connectivity index (χ0n) is 10.2. The first-order chi connectivity index (χ1) is 8.93. The van der Waals surface area contributed by atoms with Crippen LogP contribution in [0.4, 0.5) is 0 Å². The van der Waals surface area contributed by atoms with Crippen LogP contribution in [-0.2, 0) is 6.42 Å². The van der Waals surface area contributed by atoms with Crippen molar-refractivity contribution in [2.24, 2.45) is 5.92 Å². The molecule has 4 nitrogen and oxygen atoms in total. The third-order valence-electron chi connectivity index (χ3n) is 3.36. The summed E-state index contributed by atoms with van der Waals surface area (Å²) in [4.78, 5) is 4.03. The summed E-state index contributed by atoms with van der Waals surface area (Å²) < 4.78 is 5.00. The molecule has 0 aliphatic heterocycles. The summed E-state index contributed by atoms with van der Waals surface area (Å²) in [6.45, 7) is 0.873. The van der Waals surface area contributed by atoms with Gasteiger partial charge in [0.25, 0.3) is 0 Å². The van der Waals surface area contributed by atoms with E-state index in [2.05, 4.69) is 45.8 Å². The normalized spacial score (nSPS) is 16.7. The number of aromatic nitrogens is 2. The van der Waals surface area contributed by atoms with Crippen LogP contribution in [0.3, 0.4) is 0 Å². The predicted octanol–water partition coefficient (Wildman–Crippen LogP) is 2.35. The van der Waals surface area contributed by atoms with Gasteiger partial charge in [-0.25, -0.2) is 0 Å². The average molecular weight is 243 g/mol. The number of hydrogen-bond donors (Lipinski definition) is 1. The first kappa shape index (κ1) is 11.4. The maximum Gasteiger partial charge on any atom is 0.227 e. The van der Waals surface area contributed by atoms with E-state index in [0.717, 1.165) is 18.9 Å². The van der Waals surface area contributed by atoms with Gasteiger partial charge in [-0.2, -0.15) is 4.98 Å². The van der Waals surface area contributed by atoms with Crippen LogP contribution in [0, 0.1) is 5.92 Å². The molecule has 0 bridgehead atoms. The van der Waals surface area contributed by atoms with E-state index in [0.29, 0.717) is 11.9 Å². The van der Waals surface area contributed by atoms with Crippen LogP contribution in [0.15, 0.2) is 41.2 Å². The molecule has 0 amide bonds. The molecule has 2 aromatic rings. The monoisotopic (exact) mass is 243 g/mol. The van der Waals surface area contributed by atoms with Crippen LogP contribution in [-0.4, -0.2) is 16.7 Å². The molecule has 0 spiro atoms. The molecule has 1 unspecified atom stereocenters. The van der Waals surface area contributed by atoms with Gasteiger partial charge < -0.3 is 9.84 Å². The Labute approximate surface area is 106 Å². The van der Waals surface area contributed by atoms with Crippen molar-refractivity contribution in [1.82, 2.24) is 15.5 Å². The fourth-order valence-electron chi connectivity index (χ4n) is 2.29. The number of nitrogens with one attached hydrogen (secondary N) is 1. The van der Waals surface area contributed by atoms with Crippen molar-refractivity contribution in [3.63, 3.8) is 0 Å². The topological polar surface area (TPSA) is 51.0 Å². The highest BCUT2D eigenvalue weighted by atomic mass is 16.5. The standard InChI is InChI=1S/C14H17N3O/c1-2-4-11(5-3-1)14(12-6-7-12)15-9-8-13-16-10-17-18-13/h1-5,10,12,14-15H,6-9H2. The first-order valence-electron chi connectivity index (χ1n) is 6.47. The maximum atomic E-state index is 5.00. The maximum absolute atomic E-state index is 5.00. The number of hydrogen-bond acceptors (Lipinski definition) is 4.